The number of nitrogens with one attached hydrogen (secondary N) is 2. The van der Waals surface area contributed by atoms with Gasteiger partial charge in [-0.15, -0.1) is 4.83 Å². The van der Waals surface area contributed by atoms with Crippen molar-refractivity contribution in [2.75, 3.05) is 13.7 Å². The molecule has 9 heteroatoms. The zero-order valence-electron chi connectivity index (χ0n) is 17.0. The maximum absolute atomic E-state index is 12.5. The molecule has 162 valence electrons. The van der Waals surface area contributed by atoms with E-state index in [2.05, 4.69) is 17.1 Å². The maximum atomic E-state index is 12.5. The van der Waals surface area contributed by atoms with Crippen LogP contribution in [0.1, 0.15) is 53.3 Å². The number of hydrogen-bond donors (Lipinski definition) is 2. The average molecular weight is 435 g/mol. The van der Waals surface area contributed by atoms with Gasteiger partial charge in [-0.3, -0.25) is 10.2 Å². The zero-order chi connectivity index (χ0) is 22.0. The van der Waals surface area contributed by atoms with Crippen molar-refractivity contribution in [1.82, 2.24) is 10.3 Å². The molecule has 2 aromatic rings. The highest BCUT2D eigenvalue weighted by Crippen LogP contribution is 2.16. The lowest BCUT2D eigenvalue weighted by atomic mass is 10.2. The van der Waals surface area contributed by atoms with Gasteiger partial charge in [0.05, 0.1) is 24.2 Å². The van der Waals surface area contributed by atoms with Crippen LogP contribution in [0.3, 0.4) is 0 Å². The molecular weight excluding hydrogens is 408 g/mol. The largest absolute Gasteiger partial charge is 0.494 e. The SMILES string of the molecule is CCCCCCOc1ccc(C(=O)NNS(=O)(=O)c2ccccc2C(=O)OC)cc1. The van der Waals surface area contributed by atoms with Gasteiger partial charge in [0.25, 0.3) is 15.9 Å². The molecule has 8 nitrogen and oxygen atoms in total. The Labute approximate surface area is 176 Å². The summed E-state index contributed by atoms with van der Waals surface area (Å²) in [7, 11) is -3.03. The summed E-state index contributed by atoms with van der Waals surface area (Å²) >= 11 is 0. The molecule has 1 amide bonds. The Morgan fingerprint density at radius 3 is 2.33 bits per heavy atom. The lowest BCUT2D eigenvalue weighted by Gasteiger charge is -2.11. The van der Waals surface area contributed by atoms with E-state index in [4.69, 9.17) is 4.74 Å². The normalized spacial score (nSPS) is 11.0. The van der Waals surface area contributed by atoms with E-state index in [0.29, 0.717) is 12.4 Å². The highest BCUT2D eigenvalue weighted by atomic mass is 32.2. The van der Waals surface area contributed by atoms with E-state index in [-0.39, 0.29) is 16.0 Å². The first-order valence-corrected chi connectivity index (χ1v) is 11.1. The first-order valence-electron chi connectivity index (χ1n) is 9.61. The Hall–Kier alpha value is -2.91. The fourth-order valence-corrected chi connectivity index (χ4v) is 3.68. The number of carbonyl (C=O) groups is 2. The fraction of sp³-hybridized carbons (Fsp3) is 0.333. The van der Waals surface area contributed by atoms with Crippen LogP contribution < -0.4 is 15.0 Å². The second-order valence-corrected chi connectivity index (χ2v) is 8.13. The fourth-order valence-electron chi connectivity index (χ4n) is 2.64. The number of unbranched alkanes of at least 4 members (excludes halogenated alkanes) is 3. The second kappa shape index (κ2) is 11.3. The van der Waals surface area contributed by atoms with E-state index in [1.165, 1.54) is 42.8 Å². The number of benzene rings is 2. The number of ether oxygens (including phenoxy) is 2. The van der Waals surface area contributed by atoms with Crippen molar-refractivity contribution in [3.05, 3.63) is 59.7 Å². The van der Waals surface area contributed by atoms with E-state index in [1.807, 2.05) is 4.83 Å². The third-order valence-electron chi connectivity index (χ3n) is 4.26. The van der Waals surface area contributed by atoms with Crippen molar-refractivity contribution in [3.8, 4) is 5.75 Å². The molecule has 0 unspecified atom stereocenters. The number of sulfonamides is 1. The minimum absolute atomic E-state index is 0.137. The minimum atomic E-state index is -4.18. The van der Waals surface area contributed by atoms with Crippen LogP contribution in [0.15, 0.2) is 53.4 Å². The predicted octanol–water partition coefficient (Wildman–Crippen LogP) is 3.06. The van der Waals surface area contributed by atoms with Gasteiger partial charge in [0.15, 0.2) is 0 Å². The quantitative estimate of drug-likeness (QED) is 0.319. The minimum Gasteiger partial charge on any atom is -0.494 e. The number of hydrogen-bond acceptors (Lipinski definition) is 6. The molecule has 0 radical (unpaired) electrons. The van der Waals surface area contributed by atoms with E-state index in [9.17, 15) is 18.0 Å². The van der Waals surface area contributed by atoms with Crippen molar-refractivity contribution in [1.29, 1.82) is 0 Å². The number of methoxy groups -OCH3 is 1. The van der Waals surface area contributed by atoms with Crippen molar-refractivity contribution < 1.29 is 27.5 Å². The standard InChI is InChI=1S/C21H26N2O6S/c1-3-4-5-8-15-29-17-13-11-16(12-14-17)20(24)22-23-30(26,27)19-10-7-6-9-18(19)21(25)28-2/h6-7,9-14,23H,3-5,8,15H2,1-2H3,(H,22,24). The molecule has 0 heterocycles. The van der Waals surface area contributed by atoms with Gasteiger partial charge in [0.1, 0.15) is 5.75 Å². The summed E-state index contributed by atoms with van der Waals surface area (Å²) in [6, 6.07) is 11.9. The number of amides is 1. The molecule has 0 fully saturated rings. The van der Waals surface area contributed by atoms with E-state index < -0.39 is 21.9 Å². The first-order chi connectivity index (χ1) is 14.4. The predicted molar refractivity (Wildman–Crippen MR) is 112 cm³/mol. The Balaban J connectivity index is 1.96. The van der Waals surface area contributed by atoms with Crippen LogP contribution in [0.4, 0.5) is 0 Å². The molecule has 2 aromatic carbocycles. The van der Waals surface area contributed by atoms with Gasteiger partial charge < -0.3 is 9.47 Å². The van der Waals surface area contributed by atoms with Crippen molar-refractivity contribution >= 4 is 21.9 Å². The van der Waals surface area contributed by atoms with Gasteiger partial charge in [0, 0.05) is 5.56 Å². The van der Waals surface area contributed by atoms with Crippen LogP contribution in [0, 0.1) is 0 Å². The Kier molecular flexibility index (Phi) is 8.82. The van der Waals surface area contributed by atoms with Crippen LogP contribution in [-0.2, 0) is 14.8 Å². The van der Waals surface area contributed by atoms with E-state index in [0.717, 1.165) is 26.4 Å². The van der Waals surface area contributed by atoms with Gasteiger partial charge in [0.2, 0.25) is 0 Å². The van der Waals surface area contributed by atoms with E-state index >= 15 is 0 Å². The molecule has 2 N–H and O–H groups in total. The highest BCUT2D eigenvalue weighted by Gasteiger charge is 2.23. The molecule has 0 bridgehead atoms. The molecule has 0 spiro atoms. The number of esters is 1. The molecule has 0 saturated heterocycles. The number of rotatable bonds is 11. The lowest BCUT2D eigenvalue weighted by molar-refractivity contribution is 0.0596. The van der Waals surface area contributed by atoms with Gasteiger partial charge in [-0.05, 0) is 42.8 Å². The summed E-state index contributed by atoms with van der Waals surface area (Å²) < 4.78 is 35.2. The third kappa shape index (κ3) is 6.57. The Morgan fingerprint density at radius 2 is 1.67 bits per heavy atom. The van der Waals surface area contributed by atoms with Crippen LogP contribution in [0.25, 0.3) is 0 Å². The summed E-state index contributed by atoms with van der Waals surface area (Å²) in [5.74, 6) is -0.813. The zero-order valence-corrected chi connectivity index (χ0v) is 17.8. The van der Waals surface area contributed by atoms with Gasteiger partial charge in [-0.1, -0.05) is 38.3 Å². The number of carbonyl (C=O) groups excluding carboxylic acids is 2. The van der Waals surface area contributed by atoms with Crippen molar-refractivity contribution in [2.45, 2.75) is 37.5 Å². The first kappa shape index (κ1) is 23.4. The van der Waals surface area contributed by atoms with Gasteiger partial charge >= 0.3 is 5.97 Å². The summed E-state index contributed by atoms with van der Waals surface area (Å²) in [6.07, 6.45) is 4.39. The van der Waals surface area contributed by atoms with Gasteiger partial charge in [-0.25, -0.2) is 13.2 Å². The van der Waals surface area contributed by atoms with Crippen molar-refractivity contribution in [2.24, 2.45) is 0 Å². The molecule has 0 saturated carbocycles. The van der Waals surface area contributed by atoms with Crippen LogP contribution >= 0.6 is 0 Å². The topological polar surface area (TPSA) is 111 Å². The molecular formula is C21H26N2O6S. The molecule has 0 aliphatic heterocycles. The average Bonchev–Trinajstić information content (AvgIpc) is 2.77. The highest BCUT2D eigenvalue weighted by molar-refractivity contribution is 7.89. The molecule has 2 rings (SSSR count). The smallest absolute Gasteiger partial charge is 0.339 e. The molecule has 0 aliphatic carbocycles. The Morgan fingerprint density at radius 1 is 0.967 bits per heavy atom. The van der Waals surface area contributed by atoms with Crippen LogP contribution in [0.5, 0.6) is 5.75 Å². The molecule has 30 heavy (non-hydrogen) atoms. The monoisotopic (exact) mass is 434 g/mol. The maximum Gasteiger partial charge on any atom is 0.339 e. The van der Waals surface area contributed by atoms with Gasteiger partial charge in [-0.2, -0.15) is 0 Å². The summed E-state index contributed by atoms with van der Waals surface area (Å²) in [5, 5.41) is 0. The van der Waals surface area contributed by atoms with Crippen LogP contribution in [0.2, 0.25) is 0 Å². The van der Waals surface area contributed by atoms with E-state index in [1.54, 1.807) is 12.1 Å². The second-order valence-electron chi connectivity index (χ2n) is 6.48. The van der Waals surface area contributed by atoms with Crippen LogP contribution in [-0.4, -0.2) is 34.0 Å². The summed E-state index contributed by atoms with van der Waals surface area (Å²) in [5.41, 5.74) is 2.25. The Bertz CT molecular complexity index is 958. The number of hydrazine groups is 1. The van der Waals surface area contributed by atoms with Crippen molar-refractivity contribution in [3.63, 3.8) is 0 Å². The third-order valence-corrected chi connectivity index (χ3v) is 5.57. The molecule has 0 atom stereocenters. The molecule has 0 aliphatic rings. The summed E-state index contributed by atoms with van der Waals surface area (Å²) in [6.45, 7) is 2.74. The summed E-state index contributed by atoms with van der Waals surface area (Å²) in [4.78, 5) is 25.7. The lowest BCUT2D eigenvalue weighted by Crippen LogP contribution is -2.42. The molecule has 0 aromatic heterocycles.